The van der Waals surface area contributed by atoms with E-state index >= 15 is 0 Å². The zero-order chi connectivity index (χ0) is 28.0. The minimum atomic E-state index is -0.0665. The summed E-state index contributed by atoms with van der Waals surface area (Å²) in [7, 11) is 0. The molecule has 1 aliphatic heterocycles. The van der Waals surface area contributed by atoms with E-state index in [1.165, 1.54) is 105 Å². The van der Waals surface area contributed by atoms with Crippen LogP contribution in [0.1, 0.15) is 155 Å². The zero-order valence-electron chi connectivity index (χ0n) is 26.3. The Morgan fingerprint density at radius 1 is 0.868 bits per heavy atom. The van der Waals surface area contributed by atoms with Crippen LogP contribution in [0.5, 0.6) is 11.5 Å². The second-order valence-corrected chi connectivity index (χ2v) is 15.7. The molecule has 1 heterocycles. The van der Waals surface area contributed by atoms with Crippen LogP contribution in [0.25, 0.3) is 0 Å². The van der Waals surface area contributed by atoms with Gasteiger partial charge in [-0.2, -0.15) is 0 Å². The van der Waals surface area contributed by atoms with Gasteiger partial charge >= 0.3 is 192 Å². The van der Waals surface area contributed by atoms with Gasteiger partial charge in [0.05, 0.1) is 0 Å². The van der Waals surface area contributed by atoms with Crippen LogP contribution >= 0.6 is 0 Å². The topological polar surface area (TPSA) is 29.5 Å². The molecule has 0 unspecified atom stereocenters. The van der Waals surface area contributed by atoms with Gasteiger partial charge in [0.15, 0.2) is 0 Å². The van der Waals surface area contributed by atoms with Crippen LogP contribution in [0.4, 0.5) is 0 Å². The van der Waals surface area contributed by atoms with Crippen molar-refractivity contribution < 1.29 is 9.84 Å². The Morgan fingerprint density at radius 2 is 1.47 bits per heavy atom. The van der Waals surface area contributed by atoms with E-state index in [2.05, 4.69) is 48.5 Å². The summed E-state index contributed by atoms with van der Waals surface area (Å²) >= 11 is 0.338. The van der Waals surface area contributed by atoms with E-state index in [9.17, 15) is 5.11 Å². The fourth-order valence-electron chi connectivity index (χ4n) is 6.08. The molecule has 0 saturated carbocycles. The summed E-state index contributed by atoms with van der Waals surface area (Å²) < 4.78 is 7.99. The van der Waals surface area contributed by atoms with Gasteiger partial charge < -0.3 is 0 Å². The number of fused-ring (bicyclic) bond motifs is 1. The Hall–Kier alpha value is -0.661. The molecule has 2 nitrogen and oxygen atoms in total. The third-order valence-electron chi connectivity index (χ3n) is 8.76. The number of rotatable bonds is 20. The number of hydrogen-bond acceptors (Lipinski definition) is 2. The average Bonchev–Trinajstić information content (AvgIpc) is 2.85. The van der Waals surface area contributed by atoms with Crippen molar-refractivity contribution >= 4 is 19.4 Å². The van der Waals surface area contributed by atoms with E-state index in [4.69, 9.17) is 4.74 Å². The van der Waals surface area contributed by atoms with Crippen molar-refractivity contribution in [2.45, 2.75) is 169 Å². The molecular formula is C35H62O2Se. The SMILES string of the molecule is CCCCCCCC[Se]c1c(O)cc(C)c2c1CC[C@@](C)(CCC[C@H](C)CCC[C@H](C)CCCC(C)C)O2. The van der Waals surface area contributed by atoms with E-state index in [0.717, 1.165) is 48.3 Å². The van der Waals surface area contributed by atoms with Crippen LogP contribution in [0.2, 0.25) is 5.32 Å². The Kier molecular flexibility index (Phi) is 15.8. The Labute approximate surface area is 243 Å². The third-order valence-corrected chi connectivity index (χ3v) is 11.4. The third kappa shape index (κ3) is 12.2. The summed E-state index contributed by atoms with van der Waals surface area (Å²) in [4.78, 5) is 0. The van der Waals surface area contributed by atoms with Crippen molar-refractivity contribution in [3.05, 3.63) is 17.2 Å². The number of benzene rings is 1. The number of phenolic OH excluding ortho intramolecular Hbond substituents is 1. The molecule has 3 heteroatoms. The molecule has 1 aromatic rings. The van der Waals surface area contributed by atoms with Gasteiger partial charge in [0.1, 0.15) is 0 Å². The Balaban J connectivity index is 1.76. The van der Waals surface area contributed by atoms with Crippen molar-refractivity contribution in [2.24, 2.45) is 17.8 Å². The molecule has 1 N–H and O–H groups in total. The van der Waals surface area contributed by atoms with Gasteiger partial charge in [-0.05, 0) is 11.8 Å². The molecule has 0 aliphatic carbocycles. The standard InChI is InChI=1S/C35H62O2Se/c1-8-9-10-11-12-13-25-38-34-31-22-24-35(7,37-33(31)30(6)26-32(34)36)23-16-21-29(5)20-15-19-28(4)18-14-17-27(2)3/h26-29,36H,8-25H2,1-7H3/t28-,29-,35-/m1/s1. The van der Waals surface area contributed by atoms with Gasteiger partial charge in [-0.15, -0.1) is 0 Å². The molecule has 0 amide bonds. The molecule has 1 aliphatic rings. The van der Waals surface area contributed by atoms with Gasteiger partial charge in [-0.1, -0.05) is 40.0 Å². The summed E-state index contributed by atoms with van der Waals surface area (Å²) in [6.45, 7) is 16.3. The maximum atomic E-state index is 10.8. The molecular weight excluding hydrogens is 531 g/mol. The van der Waals surface area contributed by atoms with Crippen LogP contribution in [0, 0.1) is 24.7 Å². The van der Waals surface area contributed by atoms with E-state index in [-0.39, 0.29) is 5.60 Å². The van der Waals surface area contributed by atoms with E-state index in [1.54, 1.807) is 0 Å². The first-order valence-electron chi connectivity index (χ1n) is 16.3. The predicted octanol–water partition coefficient (Wildman–Crippen LogP) is 10.3. The molecule has 3 atom stereocenters. The van der Waals surface area contributed by atoms with Crippen LogP contribution < -0.4 is 9.20 Å². The van der Waals surface area contributed by atoms with Gasteiger partial charge in [-0.3, -0.25) is 0 Å². The fraction of sp³-hybridized carbons (Fsp3) is 0.829. The van der Waals surface area contributed by atoms with E-state index in [0.29, 0.717) is 20.7 Å². The molecule has 220 valence electrons. The molecule has 38 heavy (non-hydrogen) atoms. The second-order valence-electron chi connectivity index (χ2n) is 13.4. The summed E-state index contributed by atoms with van der Waals surface area (Å²) in [6, 6.07) is 1.97. The molecule has 1 aromatic carbocycles. The number of aromatic hydroxyl groups is 1. The van der Waals surface area contributed by atoms with Crippen LogP contribution in [-0.4, -0.2) is 25.7 Å². The van der Waals surface area contributed by atoms with E-state index in [1.807, 2.05) is 6.07 Å². The van der Waals surface area contributed by atoms with Crippen LogP contribution in [0.3, 0.4) is 0 Å². The van der Waals surface area contributed by atoms with E-state index < -0.39 is 0 Å². The fourth-order valence-corrected chi connectivity index (χ4v) is 8.45. The zero-order valence-corrected chi connectivity index (χ0v) is 28.0. The Morgan fingerprint density at radius 3 is 2.13 bits per heavy atom. The molecule has 0 radical (unpaired) electrons. The number of unbranched alkanes of at least 4 members (excludes halogenated alkanes) is 5. The van der Waals surface area contributed by atoms with Crippen molar-refractivity contribution in [3.63, 3.8) is 0 Å². The molecule has 0 spiro atoms. The Bertz CT molecular complexity index is 789. The molecule has 0 saturated heterocycles. The summed E-state index contributed by atoms with van der Waals surface area (Å²) in [5.41, 5.74) is 2.36. The second kappa shape index (κ2) is 17.9. The number of phenols is 1. The van der Waals surface area contributed by atoms with Crippen molar-refractivity contribution in [3.8, 4) is 11.5 Å². The van der Waals surface area contributed by atoms with Gasteiger partial charge in [0, 0.05) is 0 Å². The normalized spacial score (nSPS) is 18.8. The van der Waals surface area contributed by atoms with Crippen molar-refractivity contribution in [1.29, 1.82) is 0 Å². The first-order valence-corrected chi connectivity index (χ1v) is 18.4. The summed E-state index contributed by atoms with van der Waals surface area (Å²) in [6.07, 6.45) is 22.2. The molecule has 2 rings (SSSR count). The minimum absolute atomic E-state index is 0.0665. The predicted molar refractivity (Wildman–Crippen MR) is 168 cm³/mol. The van der Waals surface area contributed by atoms with Crippen LogP contribution in [0.15, 0.2) is 6.07 Å². The number of ether oxygens (including phenoxy) is 1. The monoisotopic (exact) mass is 594 g/mol. The average molecular weight is 594 g/mol. The summed E-state index contributed by atoms with van der Waals surface area (Å²) in [5.74, 6) is 4.15. The first-order chi connectivity index (χ1) is 18.1. The van der Waals surface area contributed by atoms with Crippen LogP contribution in [-0.2, 0) is 6.42 Å². The summed E-state index contributed by atoms with van der Waals surface area (Å²) in [5, 5.41) is 12.0. The van der Waals surface area contributed by atoms with Gasteiger partial charge in [0.2, 0.25) is 0 Å². The quantitative estimate of drug-likeness (QED) is 0.120. The molecule has 0 aromatic heterocycles. The van der Waals surface area contributed by atoms with Gasteiger partial charge in [0.25, 0.3) is 0 Å². The number of hydrogen-bond donors (Lipinski definition) is 1. The van der Waals surface area contributed by atoms with Crippen molar-refractivity contribution in [2.75, 3.05) is 0 Å². The van der Waals surface area contributed by atoms with Crippen molar-refractivity contribution in [1.82, 2.24) is 0 Å². The first kappa shape index (κ1) is 33.5. The van der Waals surface area contributed by atoms with Gasteiger partial charge in [-0.25, -0.2) is 0 Å². The maximum absolute atomic E-state index is 10.8. The number of aryl methyl sites for hydroxylation is 1. The molecule has 0 bridgehead atoms. The molecule has 0 fully saturated rings.